The van der Waals surface area contributed by atoms with Gasteiger partial charge in [0.25, 0.3) is 0 Å². The van der Waals surface area contributed by atoms with E-state index in [4.69, 9.17) is 5.73 Å². The summed E-state index contributed by atoms with van der Waals surface area (Å²) in [5, 5.41) is 0. The molecule has 0 unspecified atom stereocenters. The van der Waals surface area contributed by atoms with Gasteiger partial charge < -0.3 is 5.73 Å². The summed E-state index contributed by atoms with van der Waals surface area (Å²) in [6.45, 7) is 4.48. The van der Waals surface area contributed by atoms with Gasteiger partial charge in [-0.3, -0.25) is 0 Å². The lowest BCUT2D eigenvalue weighted by molar-refractivity contribution is 0.632. The zero-order valence-electron chi connectivity index (χ0n) is 8.59. The van der Waals surface area contributed by atoms with E-state index in [0.717, 1.165) is 21.8 Å². The number of hydrogen-bond donors (Lipinski definition) is 1. The van der Waals surface area contributed by atoms with E-state index in [2.05, 4.69) is 35.8 Å². The van der Waals surface area contributed by atoms with Crippen LogP contribution in [0.3, 0.4) is 0 Å². The molecule has 0 saturated carbocycles. The molecule has 1 aromatic carbocycles. The molecular formula is C11H16BrNS. The fourth-order valence-electron chi connectivity index (χ4n) is 1.06. The molecule has 14 heavy (non-hydrogen) atoms. The van der Waals surface area contributed by atoms with Crippen LogP contribution in [0.15, 0.2) is 27.6 Å². The maximum absolute atomic E-state index is 5.89. The van der Waals surface area contributed by atoms with Gasteiger partial charge in [-0.05, 0) is 36.3 Å². The van der Waals surface area contributed by atoms with E-state index in [0.29, 0.717) is 0 Å². The van der Waals surface area contributed by atoms with Gasteiger partial charge in [-0.2, -0.15) is 0 Å². The minimum Gasteiger partial charge on any atom is -0.398 e. The van der Waals surface area contributed by atoms with Crippen molar-refractivity contribution in [1.82, 2.24) is 0 Å². The molecule has 0 spiro atoms. The molecule has 0 atom stereocenters. The summed E-state index contributed by atoms with van der Waals surface area (Å²) in [7, 11) is 0. The maximum atomic E-state index is 5.89. The molecule has 0 saturated heterocycles. The van der Waals surface area contributed by atoms with E-state index in [1.165, 1.54) is 11.3 Å². The first-order valence-electron chi connectivity index (χ1n) is 4.77. The normalized spacial score (nSPS) is 10.9. The molecule has 0 heterocycles. The van der Waals surface area contributed by atoms with Crippen LogP contribution in [0, 0.1) is 5.92 Å². The van der Waals surface area contributed by atoms with Gasteiger partial charge in [0.05, 0.1) is 0 Å². The lowest BCUT2D eigenvalue weighted by Crippen LogP contribution is -1.92. The Labute approximate surface area is 98.6 Å². The van der Waals surface area contributed by atoms with Crippen molar-refractivity contribution in [3.63, 3.8) is 0 Å². The molecule has 0 bridgehead atoms. The van der Waals surface area contributed by atoms with Crippen LogP contribution in [-0.2, 0) is 0 Å². The van der Waals surface area contributed by atoms with Crippen LogP contribution in [0.1, 0.15) is 20.3 Å². The Kier molecular flexibility index (Phi) is 4.82. The summed E-state index contributed by atoms with van der Waals surface area (Å²) in [5.41, 5.74) is 6.76. The second-order valence-electron chi connectivity index (χ2n) is 3.71. The molecule has 0 radical (unpaired) electrons. The summed E-state index contributed by atoms with van der Waals surface area (Å²) >= 11 is 5.24. The van der Waals surface area contributed by atoms with Crippen molar-refractivity contribution >= 4 is 33.4 Å². The third kappa shape index (κ3) is 3.93. The first-order chi connectivity index (χ1) is 6.59. The third-order valence-corrected chi connectivity index (χ3v) is 3.54. The summed E-state index contributed by atoms with van der Waals surface area (Å²) in [6.07, 6.45) is 1.24. The van der Waals surface area contributed by atoms with E-state index >= 15 is 0 Å². The number of rotatable bonds is 4. The number of nitrogen functional groups attached to an aromatic ring is 1. The maximum Gasteiger partial charge on any atom is 0.0463 e. The van der Waals surface area contributed by atoms with Crippen LogP contribution < -0.4 is 5.73 Å². The fourth-order valence-corrected chi connectivity index (χ4v) is 2.63. The predicted molar refractivity (Wildman–Crippen MR) is 68.7 cm³/mol. The smallest absolute Gasteiger partial charge is 0.0463 e. The van der Waals surface area contributed by atoms with E-state index < -0.39 is 0 Å². The fraction of sp³-hybridized carbons (Fsp3) is 0.455. The second kappa shape index (κ2) is 5.66. The Morgan fingerprint density at radius 2 is 2.14 bits per heavy atom. The van der Waals surface area contributed by atoms with Crippen LogP contribution in [0.4, 0.5) is 5.69 Å². The minimum absolute atomic E-state index is 0.763. The first kappa shape index (κ1) is 11.9. The largest absolute Gasteiger partial charge is 0.398 e. The van der Waals surface area contributed by atoms with Crippen LogP contribution in [0.25, 0.3) is 0 Å². The van der Waals surface area contributed by atoms with Gasteiger partial charge in [-0.1, -0.05) is 29.8 Å². The summed E-state index contributed by atoms with van der Waals surface area (Å²) in [4.78, 5) is 1.19. The van der Waals surface area contributed by atoms with Crippen LogP contribution >= 0.6 is 27.7 Å². The highest BCUT2D eigenvalue weighted by molar-refractivity contribution is 9.10. The highest BCUT2D eigenvalue weighted by atomic mass is 79.9. The molecule has 0 aliphatic rings. The standard InChI is InChI=1S/C11H16BrNS/c1-8(2)5-6-14-11-4-3-9(12)7-10(11)13/h3-4,7-8H,5-6,13H2,1-2H3. The van der Waals surface area contributed by atoms with Crippen molar-refractivity contribution in [1.29, 1.82) is 0 Å². The lowest BCUT2D eigenvalue weighted by atomic mass is 10.2. The number of benzene rings is 1. The summed E-state index contributed by atoms with van der Waals surface area (Å²) in [5.74, 6) is 1.91. The lowest BCUT2D eigenvalue weighted by Gasteiger charge is -2.07. The SMILES string of the molecule is CC(C)CCSc1ccc(Br)cc1N. The minimum atomic E-state index is 0.763. The van der Waals surface area contributed by atoms with Crippen molar-refractivity contribution in [3.05, 3.63) is 22.7 Å². The third-order valence-electron chi connectivity index (χ3n) is 1.92. The molecule has 1 aromatic rings. The van der Waals surface area contributed by atoms with E-state index in [1.807, 2.05) is 23.9 Å². The Bertz CT molecular complexity index is 299. The van der Waals surface area contributed by atoms with Gasteiger partial charge in [-0.15, -0.1) is 11.8 Å². The molecule has 0 aliphatic carbocycles. The Balaban J connectivity index is 2.51. The number of halogens is 1. The van der Waals surface area contributed by atoms with Crippen molar-refractivity contribution in [3.8, 4) is 0 Å². The van der Waals surface area contributed by atoms with Crippen LogP contribution in [0.2, 0.25) is 0 Å². The van der Waals surface area contributed by atoms with Crippen molar-refractivity contribution < 1.29 is 0 Å². The van der Waals surface area contributed by atoms with Gasteiger partial charge in [0, 0.05) is 15.1 Å². The number of anilines is 1. The number of hydrogen-bond acceptors (Lipinski definition) is 2. The highest BCUT2D eigenvalue weighted by Crippen LogP contribution is 2.28. The van der Waals surface area contributed by atoms with Crippen molar-refractivity contribution in [2.45, 2.75) is 25.2 Å². The Morgan fingerprint density at radius 3 is 2.71 bits per heavy atom. The van der Waals surface area contributed by atoms with Gasteiger partial charge in [0.2, 0.25) is 0 Å². The number of nitrogens with two attached hydrogens (primary N) is 1. The quantitative estimate of drug-likeness (QED) is 0.658. The molecule has 0 aromatic heterocycles. The molecule has 0 aliphatic heterocycles. The molecule has 3 heteroatoms. The zero-order chi connectivity index (χ0) is 10.6. The molecule has 78 valence electrons. The van der Waals surface area contributed by atoms with Crippen molar-refractivity contribution in [2.24, 2.45) is 5.92 Å². The summed E-state index contributed by atoms with van der Waals surface area (Å²) in [6, 6.07) is 6.07. The molecule has 0 fully saturated rings. The molecular weight excluding hydrogens is 258 g/mol. The Morgan fingerprint density at radius 1 is 1.43 bits per heavy atom. The monoisotopic (exact) mass is 273 g/mol. The summed E-state index contributed by atoms with van der Waals surface area (Å²) < 4.78 is 1.04. The van der Waals surface area contributed by atoms with Gasteiger partial charge >= 0.3 is 0 Å². The molecule has 1 rings (SSSR count). The average molecular weight is 274 g/mol. The zero-order valence-corrected chi connectivity index (χ0v) is 11.0. The number of thioether (sulfide) groups is 1. The Hall–Kier alpha value is -0.150. The second-order valence-corrected chi connectivity index (χ2v) is 5.77. The van der Waals surface area contributed by atoms with E-state index in [9.17, 15) is 0 Å². The first-order valence-corrected chi connectivity index (χ1v) is 6.55. The van der Waals surface area contributed by atoms with E-state index in [-0.39, 0.29) is 0 Å². The van der Waals surface area contributed by atoms with Gasteiger partial charge in [-0.25, -0.2) is 0 Å². The molecule has 0 amide bonds. The van der Waals surface area contributed by atoms with Crippen LogP contribution in [-0.4, -0.2) is 5.75 Å². The van der Waals surface area contributed by atoms with E-state index in [1.54, 1.807) is 0 Å². The topological polar surface area (TPSA) is 26.0 Å². The van der Waals surface area contributed by atoms with Gasteiger partial charge in [0.15, 0.2) is 0 Å². The van der Waals surface area contributed by atoms with Crippen molar-refractivity contribution in [2.75, 3.05) is 11.5 Å². The molecule has 2 N–H and O–H groups in total. The average Bonchev–Trinajstić information content (AvgIpc) is 2.08. The molecule has 1 nitrogen and oxygen atoms in total. The van der Waals surface area contributed by atoms with Gasteiger partial charge in [0.1, 0.15) is 0 Å². The predicted octanol–water partition coefficient (Wildman–Crippen LogP) is 4.17. The van der Waals surface area contributed by atoms with Crippen LogP contribution in [0.5, 0.6) is 0 Å². The highest BCUT2D eigenvalue weighted by Gasteiger charge is 2.01.